The summed E-state index contributed by atoms with van der Waals surface area (Å²) in [5.74, 6) is -0.260. The van der Waals surface area contributed by atoms with Crippen molar-refractivity contribution in [1.82, 2.24) is 15.2 Å². The molecule has 0 atom stereocenters. The van der Waals surface area contributed by atoms with E-state index in [0.717, 1.165) is 6.20 Å². The van der Waals surface area contributed by atoms with Crippen LogP contribution in [-0.2, 0) is 0 Å². The zero-order chi connectivity index (χ0) is 17.8. The van der Waals surface area contributed by atoms with Gasteiger partial charge >= 0.3 is 6.61 Å². The van der Waals surface area contributed by atoms with Crippen molar-refractivity contribution in [2.45, 2.75) is 6.61 Å². The molecule has 25 heavy (non-hydrogen) atoms. The van der Waals surface area contributed by atoms with Crippen LogP contribution in [0.5, 0.6) is 5.75 Å². The summed E-state index contributed by atoms with van der Waals surface area (Å²) in [5, 5.41) is 10.6. The molecule has 0 aliphatic rings. The van der Waals surface area contributed by atoms with E-state index in [1.807, 2.05) is 0 Å². The molecule has 0 amide bonds. The Hall–Kier alpha value is -2.87. The number of hydrogen-bond donors (Lipinski definition) is 1. The van der Waals surface area contributed by atoms with E-state index in [1.54, 1.807) is 18.2 Å². The molecule has 0 unspecified atom stereocenters. The zero-order valence-corrected chi connectivity index (χ0v) is 13.2. The van der Waals surface area contributed by atoms with Gasteiger partial charge in [-0.15, -0.1) is 5.10 Å². The van der Waals surface area contributed by atoms with Crippen LogP contribution in [0.4, 0.5) is 24.7 Å². The number of pyridine rings is 1. The minimum atomic E-state index is -2.88. The molecule has 3 rings (SSSR count). The summed E-state index contributed by atoms with van der Waals surface area (Å²) in [4.78, 5) is 3.62. The van der Waals surface area contributed by atoms with Crippen LogP contribution in [0.25, 0.3) is 11.1 Å². The molecular formula is C16H10ClF3N4O. The molecule has 128 valence electrons. The largest absolute Gasteiger partial charge is 0.435 e. The second-order valence-corrected chi connectivity index (χ2v) is 5.23. The Labute approximate surface area is 145 Å². The fourth-order valence-electron chi connectivity index (χ4n) is 2.06. The van der Waals surface area contributed by atoms with E-state index in [-0.39, 0.29) is 22.4 Å². The molecule has 1 N–H and O–H groups in total. The first-order chi connectivity index (χ1) is 12.0. The quantitative estimate of drug-likeness (QED) is 0.664. The topological polar surface area (TPSA) is 59.9 Å². The number of halogens is 4. The highest BCUT2D eigenvalue weighted by Gasteiger charge is 2.08. The van der Waals surface area contributed by atoms with Crippen LogP contribution in [0.15, 0.2) is 48.8 Å². The first kappa shape index (κ1) is 17.0. The van der Waals surface area contributed by atoms with Crippen LogP contribution >= 0.6 is 11.6 Å². The number of ether oxygens (including phenoxy) is 1. The Balaban J connectivity index is 1.82. The maximum Gasteiger partial charge on any atom is 0.387 e. The van der Waals surface area contributed by atoms with Crippen LogP contribution in [0.1, 0.15) is 0 Å². The van der Waals surface area contributed by atoms with Crippen LogP contribution in [0, 0.1) is 5.82 Å². The van der Waals surface area contributed by atoms with Crippen molar-refractivity contribution in [3.8, 4) is 16.9 Å². The summed E-state index contributed by atoms with van der Waals surface area (Å²) in [6.07, 6.45) is 2.48. The third kappa shape index (κ3) is 4.36. The molecule has 2 heterocycles. The summed E-state index contributed by atoms with van der Waals surface area (Å²) >= 11 is 5.74. The van der Waals surface area contributed by atoms with Gasteiger partial charge in [-0.3, -0.25) is 0 Å². The van der Waals surface area contributed by atoms with E-state index in [2.05, 4.69) is 25.2 Å². The lowest BCUT2D eigenvalue weighted by atomic mass is 10.1. The lowest BCUT2D eigenvalue weighted by Gasteiger charge is -2.09. The average Bonchev–Trinajstić information content (AvgIpc) is 2.59. The molecule has 2 aromatic heterocycles. The maximum atomic E-state index is 13.7. The standard InChI is InChI=1S/C16H10ClF3N4O/c17-14-6-13(12(18)8-21-14)23-15-5-10(7-22-24-15)9-1-3-11(4-2-9)25-16(19)20/h1-8,16H,(H,21,23,24). The highest BCUT2D eigenvalue weighted by atomic mass is 35.5. The Morgan fingerprint density at radius 2 is 1.80 bits per heavy atom. The number of anilines is 2. The van der Waals surface area contributed by atoms with Crippen LogP contribution in [0.2, 0.25) is 5.15 Å². The first-order valence-electron chi connectivity index (χ1n) is 6.97. The van der Waals surface area contributed by atoms with Gasteiger partial charge in [0.15, 0.2) is 11.6 Å². The lowest BCUT2D eigenvalue weighted by molar-refractivity contribution is -0.0498. The molecule has 3 aromatic rings. The number of alkyl halides is 2. The minimum absolute atomic E-state index is 0.0487. The molecule has 0 saturated carbocycles. The third-order valence-electron chi connectivity index (χ3n) is 3.15. The van der Waals surface area contributed by atoms with Crippen LogP contribution < -0.4 is 10.1 Å². The smallest absolute Gasteiger partial charge is 0.387 e. The number of hydrogen-bond acceptors (Lipinski definition) is 5. The monoisotopic (exact) mass is 366 g/mol. The normalized spacial score (nSPS) is 10.8. The molecule has 0 radical (unpaired) electrons. The van der Waals surface area contributed by atoms with Crippen molar-refractivity contribution in [3.05, 3.63) is 59.8 Å². The van der Waals surface area contributed by atoms with Gasteiger partial charge in [-0.1, -0.05) is 23.7 Å². The van der Waals surface area contributed by atoms with Gasteiger partial charge in [-0.25, -0.2) is 9.37 Å². The summed E-state index contributed by atoms with van der Waals surface area (Å²) in [6, 6.07) is 8.98. The number of rotatable bonds is 5. The van der Waals surface area contributed by atoms with E-state index < -0.39 is 12.4 Å². The van der Waals surface area contributed by atoms with E-state index in [0.29, 0.717) is 11.1 Å². The molecule has 9 heteroatoms. The van der Waals surface area contributed by atoms with E-state index in [1.165, 1.54) is 24.4 Å². The molecule has 0 bridgehead atoms. The Morgan fingerprint density at radius 3 is 2.52 bits per heavy atom. The van der Waals surface area contributed by atoms with Crippen molar-refractivity contribution >= 4 is 23.1 Å². The molecule has 1 aromatic carbocycles. The second-order valence-electron chi connectivity index (χ2n) is 4.84. The lowest BCUT2D eigenvalue weighted by Crippen LogP contribution is -2.01. The minimum Gasteiger partial charge on any atom is -0.435 e. The third-order valence-corrected chi connectivity index (χ3v) is 3.36. The Kier molecular flexibility index (Phi) is 4.99. The maximum absolute atomic E-state index is 13.7. The van der Waals surface area contributed by atoms with Gasteiger partial charge in [0.2, 0.25) is 0 Å². The zero-order valence-electron chi connectivity index (χ0n) is 12.5. The highest BCUT2D eigenvalue weighted by molar-refractivity contribution is 6.29. The van der Waals surface area contributed by atoms with Gasteiger partial charge in [0.1, 0.15) is 10.9 Å². The van der Waals surface area contributed by atoms with Crippen molar-refractivity contribution in [1.29, 1.82) is 0 Å². The van der Waals surface area contributed by atoms with Crippen LogP contribution in [-0.4, -0.2) is 21.8 Å². The fraction of sp³-hybridized carbons (Fsp3) is 0.0625. The van der Waals surface area contributed by atoms with Crippen molar-refractivity contribution in [2.24, 2.45) is 0 Å². The molecule has 0 aliphatic heterocycles. The molecule has 5 nitrogen and oxygen atoms in total. The van der Waals surface area contributed by atoms with E-state index in [9.17, 15) is 13.2 Å². The Bertz CT molecular complexity index is 878. The van der Waals surface area contributed by atoms with Gasteiger partial charge in [0, 0.05) is 11.6 Å². The summed E-state index contributed by atoms with van der Waals surface area (Å²) in [5.41, 5.74) is 1.46. The molecular weight excluding hydrogens is 357 g/mol. The summed E-state index contributed by atoms with van der Waals surface area (Å²) < 4.78 is 42.4. The van der Waals surface area contributed by atoms with E-state index >= 15 is 0 Å². The number of nitrogens with one attached hydrogen (secondary N) is 1. The summed E-state index contributed by atoms with van der Waals surface area (Å²) in [7, 11) is 0. The molecule has 0 spiro atoms. The van der Waals surface area contributed by atoms with Gasteiger partial charge in [0.05, 0.1) is 18.1 Å². The van der Waals surface area contributed by atoms with E-state index in [4.69, 9.17) is 11.6 Å². The van der Waals surface area contributed by atoms with Crippen molar-refractivity contribution in [2.75, 3.05) is 5.32 Å². The van der Waals surface area contributed by atoms with Crippen molar-refractivity contribution < 1.29 is 17.9 Å². The van der Waals surface area contributed by atoms with Gasteiger partial charge < -0.3 is 10.1 Å². The molecule has 0 fully saturated rings. The van der Waals surface area contributed by atoms with Gasteiger partial charge in [0.25, 0.3) is 0 Å². The number of aromatic nitrogens is 3. The fourth-order valence-corrected chi connectivity index (χ4v) is 2.22. The molecule has 0 saturated heterocycles. The van der Waals surface area contributed by atoms with Gasteiger partial charge in [-0.2, -0.15) is 13.9 Å². The predicted octanol–water partition coefficient (Wildman–Crippen LogP) is 4.68. The average molecular weight is 367 g/mol. The second kappa shape index (κ2) is 7.35. The molecule has 0 aliphatic carbocycles. The number of nitrogens with zero attached hydrogens (tertiary/aromatic N) is 3. The highest BCUT2D eigenvalue weighted by Crippen LogP contribution is 2.26. The predicted molar refractivity (Wildman–Crippen MR) is 86.6 cm³/mol. The number of benzene rings is 1. The Morgan fingerprint density at radius 1 is 1.04 bits per heavy atom. The SMILES string of the molecule is Fc1cnc(Cl)cc1Nc1cc(-c2ccc(OC(F)F)cc2)cnn1. The summed E-state index contributed by atoms with van der Waals surface area (Å²) in [6.45, 7) is -2.88. The first-order valence-corrected chi connectivity index (χ1v) is 7.35. The van der Waals surface area contributed by atoms with Gasteiger partial charge in [-0.05, 0) is 23.8 Å². The van der Waals surface area contributed by atoms with Crippen LogP contribution in [0.3, 0.4) is 0 Å². The van der Waals surface area contributed by atoms with Crippen molar-refractivity contribution in [3.63, 3.8) is 0 Å².